The Kier molecular flexibility index (Phi) is 4.35. The molecule has 0 unspecified atom stereocenters. The van der Waals surface area contributed by atoms with Crippen LogP contribution in [-0.4, -0.2) is 39.8 Å². The topological polar surface area (TPSA) is 66.8 Å². The number of hydrogen-bond donors (Lipinski definition) is 1. The number of carboxylic acids is 1. The van der Waals surface area contributed by atoms with Crippen molar-refractivity contribution in [1.29, 1.82) is 0 Å². The first-order valence-corrected chi connectivity index (χ1v) is 5.16. The van der Waals surface area contributed by atoms with Crippen LogP contribution in [0.15, 0.2) is 0 Å². The van der Waals surface area contributed by atoms with Crippen LogP contribution in [0.5, 0.6) is 0 Å². The van der Waals surface area contributed by atoms with Crippen LogP contribution in [0, 0.1) is 0 Å². The Morgan fingerprint density at radius 3 is 1.81 bits per heavy atom. The molecule has 0 aliphatic carbocycles. The first kappa shape index (κ1) is 14.7. The Hall–Kier alpha value is -1.26. The molecular formula is C11H21NO4. The molecule has 5 heteroatoms. The Morgan fingerprint density at radius 1 is 1.12 bits per heavy atom. The first-order chi connectivity index (χ1) is 6.93. The lowest BCUT2D eigenvalue weighted by Gasteiger charge is -2.35. The third kappa shape index (κ3) is 5.58. The van der Waals surface area contributed by atoms with Gasteiger partial charge in [-0.2, -0.15) is 0 Å². The van der Waals surface area contributed by atoms with Crippen LogP contribution in [0.2, 0.25) is 0 Å². The third-order valence-electron chi connectivity index (χ3n) is 1.72. The van der Waals surface area contributed by atoms with Crippen LogP contribution >= 0.6 is 0 Å². The van der Waals surface area contributed by atoms with E-state index in [1.54, 1.807) is 41.5 Å². The summed E-state index contributed by atoms with van der Waals surface area (Å²) < 4.78 is 5.15. The highest BCUT2D eigenvalue weighted by atomic mass is 16.6. The second-order valence-electron chi connectivity index (χ2n) is 5.63. The van der Waals surface area contributed by atoms with Gasteiger partial charge in [-0.1, -0.05) is 0 Å². The summed E-state index contributed by atoms with van der Waals surface area (Å²) in [4.78, 5) is 23.7. The van der Waals surface area contributed by atoms with Crippen molar-refractivity contribution in [3.05, 3.63) is 0 Å². The van der Waals surface area contributed by atoms with Crippen LogP contribution in [0.1, 0.15) is 41.5 Å². The van der Waals surface area contributed by atoms with E-state index in [0.717, 1.165) is 0 Å². The normalized spacial score (nSPS) is 12.1. The van der Waals surface area contributed by atoms with Gasteiger partial charge < -0.3 is 9.84 Å². The predicted octanol–water partition coefficient (Wildman–Crippen LogP) is 2.11. The lowest BCUT2D eigenvalue weighted by molar-refractivity contribution is -0.139. The molecule has 0 saturated heterocycles. The maximum absolute atomic E-state index is 11.8. The van der Waals surface area contributed by atoms with Gasteiger partial charge in [-0.15, -0.1) is 0 Å². The fourth-order valence-corrected chi connectivity index (χ4v) is 1.03. The monoisotopic (exact) mass is 231 g/mol. The molecule has 0 aromatic rings. The third-order valence-corrected chi connectivity index (χ3v) is 1.72. The van der Waals surface area contributed by atoms with E-state index in [2.05, 4.69) is 0 Å². The number of carbonyl (C=O) groups is 2. The van der Waals surface area contributed by atoms with Crippen molar-refractivity contribution < 1.29 is 19.4 Å². The van der Waals surface area contributed by atoms with Gasteiger partial charge in [-0.25, -0.2) is 4.79 Å². The standard InChI is InChI=1S/C11H21NO4/c1-10(2,3)12(7-8(13)14)9(15)16-11(4,5)6/h7H2,1-6H3,(H,13,14). The molecule has 16 heavy (non-hydrogen) atoms. The van der Waals surface area contributed by atoms with Crippen molar-refractivity contribution in [3.63, 3.8) is 0 Å². The van der Waals surface area contributed by atoms with Gasteiger partial charge in [-0.3, -0.25) is 9.69 Å². The average molecular weight is 231 g/mol. The maximum atomic E-state index is 11.8. The van der Waals surface area contributed by atoms with E-state index in [4.69, 9.17) is 9.84 Å². The summed E-state index contributed by atoms with van der Waals surface area (Å²) in [6, 6.07) is 0. The minimum absolute atomic E-state index is 0.363. The molecule has 0 rings (SSSR count). The Balaban J connectivity index is 4.78. The highest BCUT2D eigenvalue weighted by molar-refractivity contribution is 5.77. The number of nitrogens with zero attached hydrogens (tertiary/aromatic N) is 1. The fraction of sp³-hybridized carbons (Fsp3) is 0.818. The number of hydrogen-bond acceptors (Lipinski definition) is 3. The summed E-state index contributed by atoms with van der Waals surface area (Å²) in [5, 5.41) is 8.74. The van der Waals surface area contributed by atoms with E-state index in [1.165, 1.54) is 4.90 Å². The van der Waals surface area contributed by atoms with Crippen molar-refractivity contribution in [2.45, 2.75) is 52.7 Å². The zero-order valence-corrected chi connectivity index (χ0v) is 10.8. The number of carbonyl (C=O) groups excluding carboxylic acids is 1. The van der Waals surface area contributed by atoms with Crippen molar-refractivity contribution in [2.24, 2.45) is 0 Å². The lowest BCUT2D eigenvalue weighted by atomic mass is 10.1. The van der Waals surface area contributed by atoms with E-state index >= 15 is 0 Å². The summed E-state index contributed by atoms with van der Waals surface area (Å²) in [5.74, 6) is -1.05. The van der Waals surface area contributed by atoms with Gasteiger partial charge in [-0.05, 0) is 41.5 Å². The zero-order chi connectivity index (χ0) is 13.1. The van der Waals surface area contributed by atoms with Crippen LogP contribution in [0.4, 0.5) is 4.79 Å². The van der Waals surface area contributed by atoms with Crippen LogP contribution in [0.25, 0.3) is 0 Å². The van der Waals surface area contributed by atoms with E-state index in [0.29, 0.717) is 0 Å². The number of amides is 1. The van der Waals surface area contributed by atoms with Gasteiger partial charge in [0.1, 0.15) is 12.1 Å². The van der Waals surface area contributed by atoms with Crippen LogP contribution in [0.3, 0.4) is 0 Å². The van der Waals surface area contributed by atoms with Gasteiger partial charge in [0, 0.05) is 5.54 Å². The summed E-state index contributed by atoms with van der Waals surface area (Å²) in [7, 11) is 0. The van der Waals surface area contributed by atoms with E-state index < -0.39 is 23.2 Å². The second-order valence-corrected chi connectivity index (χ2v) is 5.63. The van der Waals surface area contributed by atoms with Gasteiger partial charge in [0.15, 0.2) is 0 Å². The molecule has 0 aliphatic heterocycles. The average Bonchev–Trinajstić information content (AvgIpc) is 1.93. The number of rotatable bonds is 2. The zero-order valence-electron chi connectivity index (χ0n) is 10.8. The largest absolute Gasteiger partial charge is 0.480 e. The molecule has 0 saturated carbocycles. The summed E-state index contributed by atoms with van der Waals surface area (Å²) in [5.41, 5.74) is -1.21. The molecule has 0 aliphatic rings. The van der Waals surface area contributed by atoms with Crippen molar-refractivity contribution in [1.82, 2.24) is 4.90 Å². The molecule has 1 N–H and O–H groups in total. The predicted molar refractivity (Wildman–Crippen MR) is 60.3 cm³/mol. The molecule has 5 nitrogen and oxygen atoms in total. The summed E-state index contributed by atoms with van der Waals surface area (Å²) in [6.45, 7) is 10.2. The van der Waals surface area contributed by atoms with E-state index in [1.807, 2.05) is 0 Å². The lowest BCUT2D eigenvalue weighted by Crippen LogP contribution is -2.50. The van der Waals surface area contributed by atoms with Gasteiger partial charge >= 0.3 is 12.1 Å². The van der Waals surface area contributed by atoms with E-state index in [-0.39, 0.29) is 6.54 Å². The Morgan fingerprint density at radius 2 is 1.56 bits per heavy atom. The summed E-state index contributed by atoms with van der Waals surface area (Å²) >= 11 is 0. The molecule has 1 amide bonds. The number of aliphatic carboxylic acids is 1. The highest BCUT2D eigenvalue weighted by Crippen LogP contribution is 2.17. The second kappa shape index (κ2) is 4.72. The van der Waals surface area contributed by atoms with Gasteiger partial charge in [0.25, 0.3) is 0 Å². The molecule has 0 aromatic carbocycles. The molecule has 94 valence electrons. The quantitative estimate of drug-likeness (QED) is 0.790. The first-order valence-electron chi connectivity index (χ1n) is 5.16. The molecule has 0 radical (unpaired) electrons. The molecule has 0 bridgehead atoms. The van der Waals surface area contributed by atoms with Crippen LogP contribution < -0.4 is 0 Å². The molecule has 0 fully saturated rings. The number of carboxylic acid groups (broad SMARTS) is 1. The minimum Gasteiger partial charge on any atom is -0.480 e. The van der Waals surface area contributed by atoms with E-state index in [9.17, 15) is 9.59 Å². The van der Waals surface area contributed by atoms with Gasteiger partial charge in [0.05, 0.1) is 0 Å². The smallest absolute Gasteiger partial charge is 0.411 e. The highest BCUT2D eigenvalue weighted by Gasteiger charge is 2.31. The van der Waals surface area contributed by atoms with Gasteiger partial charge in [0.2, 0.25) is 0 Å². The summed E-state index contributed by atoms with van der Waals surface area (Å²) in [6.07, 6.45) is -0.609. The van der Waals surface area contributed by atoms with Crippen LogP contribution in [-0.2, 0) is 9.53 Å². The SMILES string of the molecule is CC(C)(C)OC(=O)N(CC(=O)O)C(C)(C)C. The number of ether oxygens (including phenoxy) is 1. The fourth-order valence-electron chi connectivity index (χ4n) is 1.03. The molecule has 0 aromatic heterocycles. The Labute approximate surface area is 96.4 Å². The minimum atomic E-state index is -1.05. The van der Waals surface area contributed by atoms with Crippen molar-refractivity contribution in [3.8, 4) is 0 Å². The maximum Gasteiger partial charge on any atom is 0.411 e. The van der Waals surface area contributed by atoms with Crippen molar-refractivity contribution >= 4 is 12.1 Å². The molecule has 0 spiro atoms. The molecular weight excluding hydrogens is 210 g/mol. The molecule has 0 atom stereocenters. The van der Waals surface area contributed by atoms with Crippen molar-refractivity contribution in [2.75, 3.05) is 6.54 Å². The molecule has 0 heterocycles. The Bertz CT molecular complexity index is 273.